The summed E-state index contributed by atoms with van der Waals surface area (Å²) < 4.78 is 19.4. The maximum absolute atomic E-state index is 13.7. The first kappa shape index (κ1) is 16.4. The normalized spacial score (nSPS) is 27.6. The Kier molecular flexibility index (Phi) is 5.00. The minimum absolute atomic E-state index is 0.147. The lowest BCUT2D eigenvalue weighted by Gasteiger charge is -2.43. The molecule has 0 unspecified atom stereocenters. The summed E-state index contributed by atoms with van der Waals surface area (Å²) in [6.07, 6.45) is 6.79. The molecule has 126 valence electrons. The third kappa shape index (κ3) is 3.42. The lowest BCUT2D eigenvalue weighted by Crippen LogP contribution is -2.49. The summed E-state index contributed by atoms with van der Waals surface area (Å²) in [6.45, 7) is 1.63. The van der Waals surface area contributed by atoms with Gasteiger partial charge in [-0.05, 0) is 43.7 Å². The van der Waals surface area contributed by atoms with E-state index >= 15 is 0 Å². The molecule has 23 heavy (non-hydrogen) atoms. The van der Waals surface area contributed by atoms with Gasteiger partial charge in [0.2, 0.25) is 5.91 Å². The molecule has 4 heteroatoms. The van der Waals surface area contributed by atoms with Crippen molar-refractivity contribution in [3.63, 3.8) is 0 Å². The van der Waals surface area contributed by atoms with Gasteiger partial charge in [0.15, 0.2) is 0 Å². The van der Waals surface area contributed by atoms with E-state index in [-0.39, 0.29) is 23.2 Å². The molecule has 3 nitrogen and oxygen atoms in total. The number of ether oxygens (including phenoxy) is 1. The first-order chi connectivity index (χ1) is 11.1. The fourth-order valence-corrected chi connectivity index (χ4v) is 4.42. The van der Waals surface area contributed by atoms with Crippen LogP contribution in [-0.2, 0) is 16.0 Å². The van der Waals surface area contributed by atoms with Crippen LogP contribution in [-0.4, -0.2) is 37.1 Å². The van der Waals surface area contributed by atoms with Gasteiger partial charge in [0.25, 0.3) is 0 Å². The number of carbonyl (C=O) groups excluding carboxylic acids is 1. The van der Waals surface area contributed by atoms with E-state index in [1.807, 2.05) is 11.0 Å². The smallest absolute Gasteiger partial charge is 0.222 e. The molecule has 1 aliphatic carbocycles. The molecular weight excluding hydrogens is 293 g/mol. The fraction of sp³-hybridized carbons (Fsp3) is 0.632. The molecule has 1 amide bonds. The first-order valence-corrected chi connectivity index (χ1v) is 8.69. The molecule has 3 rings (SSSR count). The second-order valence-electron chi connectivity index (χ2n) is 6.99. The summed E-state index contributed by atoms with van der Waals surface area (Å²) in [5.41, 5.74) is 0.781. The maximum Gasteiger partial charge on any atom is 0.222 e. The van der Waals surface area contributed by atoms with Crippen LogP contribution in [0.3, 0.4) is 0 Å². The molecule has 0 radical (unpaired) electrons. The van der Waals surface area contributed by atoms with Crippen LogP contribution in [0.1, 0.15) is 44.1 Å². The van der Waals surface area contributed by atoms with Gasteiger partial charge in [-0.15, -0.1) is 0 Å². The second-order valence-corrected chi connectivity index (χ2v) is 6.99. The Morgan fingerprint density at radius 3 is 2.91 bits per heavy atom. The van der Waals surface area contributed by atoms with E-state index in [9.17, 15) is 9.18 Å². The summed E-state index contributed by atoms with van der Waals surface area (Å²) in [6, 6.07) is 6.72. The van der Waals surface area contributed by atoms with E-state index in [2.05, 4.69) is 0 Å². The van der Waals surface area contributed by atoms with E-state index in [1.165, 1.54) is 12.5 Å². The molecule has 1 spiro atoms. The van der Waals surface area contributed by atoms with Crippen molar-refractivity contribution in [3.05, 3.63) is 35.6 Å². The van der Waals surface area contributed by atoms with Gasteiger partial charge in [0.05, 0.1) is 6.10 Å². The minimum atomic E-state index is -0.217. The summed E-state index contributed by atoms with van der Waals surface area (Å²) in [7, 11) is 1.79. The highest BCUT2D eigenvalue weighted by Gasteiger charge is 2.46. The van der Waals surface area contributed by atoms with E-state index in [4.69, 9.17) is 4.74 Å². The van der Waals surface area contributed by atoms with Crippen molar-refractivity contribution < 1.29 is 13.9 Å². The van der Waals surface area contributed by atoms with Crippen LogP contribution >= 0.6 is 0 Å². The zero-order valence-corrected chi connectivity index (χ0v) is 13.9. The summed E-state index contributed by atoms with van der Waals surface area (Å²) >= 11 is 0. The summed E-state index contributed by atoms with van der Waals surface area (Å²) in [5, 5.41) is 0. The number of rotatable bonds is 4. The maximum atomic E-state index is 13.7. The van der Waals surface area contributed by atoms with E-state index < -0.39 is 0 Å². The Morgan fingerprint density at radius 2 is 2.13 bits per heavy atom. The number of piperidine rings is 1. The van der Waals surface area contributed by atoms with Crippen LogP contribution in [0.5, 0.6) is 0 Å². The largest absolute Gasteiger partial charge is 0.381 e. The summed E-state index contributed by atoms with van der Waals surface area (Å²) in [5.74, 6) is -0.0697. The fourth-order valence-electron chi connectivity index (χ4n) is 4.42. The molecule has 2 fully saturated rings. The first-order valence-electron chi connectivity index (χ1n) is 8.69. The number of halogens is 1. The Balaban J connectivity index is 1.60. The molecule has 1 aliphatic heterocycles. The van der Waals surface area contributed by atoms with Crippen molar-refractivity contribution in [2.75, 3.05) is 20.2 Å². The van der Waals surface area contributed by atoms with Crippen molar-refractivity contribution in [2.45, 2.75) is 51.0 Å². The minimum Gasteiger partial charge on any atom is -0.381 e. The highest BCUT2D eigenvalue weighted by atomic mass is 19.1. The summed E-state index contributed by atoms with van der Waals surface area (Å²) in [4.78, 5) is 14.6. The number of methoxy groups -OCH3 is 1. The predicted octanol–water partition coefficient (Wildman–Crippen LogP) is 3.57. The average molecular weight is 319 g/mol. The van der Waals surface area contributed by atoms with Crippen LogP contribution in [0.2, 0.25) is 0 Å². The van der Waals surface area contributed by atoms with Gasteiger partial charge in [-0.2, -0.15) is 0 Å². The van der Waals surface area contributed by atoms with Crippen LogP contribution in [0.4, 0.5) is 4.39 Å². The second kappa shape index (κ2) is 7.00. The molecule has 0 N–H and O–H groups in total. The molecule has 1 aromatic rings. The van der Waals surface area contributed by atoms with Gasteiger partial charge in [-0.25, -0.2) is 4.39 Å². The number of carbonyl (C=O) groups is 1. The van der Waals surface area contributed by atoms with Crippen molar-refractivity contribution in [3.8, 4) is 0 Å². The van der Waals surface area contributed by atoms with Gasteiger partial charge in [-0.3, -0.25) is 4.79 Å². The Hall–Kier alpha value is -1.42. The Morgan fingerprint density at radius 1 is 1.35 bits per heavy atom. The van der Waals surface area contributed by atoms with Gasteiger partial charge >= 0.3 is 0 Å². The molecule has 1 aromatic carbocycles. The number of hydrogen-bond donors (Lipinski definition) is 0. The third-order valence-electron chi connectivity index (χ3n) is 5.64. The van der Waals surface area contributed by atoms with Crippen molar-refractivity contribution in [2.24, 2.45) is 5.41 Å². The number of likely N-dealkylation sites (tertiary alicyclic amines) is 1. The third-order valence-corrected chi connectivity index (χ3v) is 5.64. The standard InChI is InChI=1S/C19H26FNO2/c1-23-17-8-4-11-19(17)12-5-13-21(14-19)18(22)10-9-15-6-2-3-7-16(15)20/h2-3,6-7,17H,4-5,8-14H2,1H3/t17-,19-/m1/s1. The number of nitrogens with zero attached hydrogens (tertiary/aromatic N) is 1. The predicted molar refractivity (Wildman–Crippen MR) is 87.6 cm³/mol. The monoisotopic (exact) mass is 319 g/mol. The lowest BCUT2D eigenvalue weighted by molar-refractivity contribution is -0.137. The molecular formula is C19H26FNO2. The molecule has 1 saturated heterocycles. The van der Waals surface area contributed by atoms with E-state index in [1.54, 1.807) is 19.2 Å². The van der Waals surface area contributed by atoms with Gasteiger partial charge in [0.1, 0.15) is 5.82 Å². The van der Waals surface area contributed by atoms with Gasteiger partial charge in [0, 0.05) is 32.0 Å². The van der Waals surface area contributed by atoms with Crippen LogP contribution in [0.25, 0.3) is 0 Å². The Labute approximate surface area is 137 Å². The van der Waals surface area contributed by atoms with Gasteiger partial charge in [-0.1, -0.05) is 24.6 Å². The molecule has 0 bridgehead atoms. The van der Waals surface area contributed by atoms with Crippen LogP contribution < -0.4 is 0 Å². The van der Waals surface area contributed by atoms with Crippen molar-refractivity contribution in [1.82, 2.24) is 4.90 Å². The number of hydrogen-bond acceptors (Lipinski definition) is 2. The average Bonchev–Trinajstić information content (AvgIpc) is 2.95. The quantitative estimate of drug-likeness (QED) is 0.849. The molecule has 2 aliphatic rings. The molecule has 1 saturated carbocycles. The highest BCUT2D eigenvalue weighted by Crippen LogP contribution is 2.46. The topological polar surface area (TPSA) is 29.5 Å². The SMILES string of the molecule is CO[C@@H]1CCC[C@]12CCCN(C(=O)CCc1ccccc1F)C2. The zero-order chi connectivity index (χ0) is 16.3. The number of benzene rings is 1. The number of amides is 1. The van der Waals surface area contributed by atoms with Crippen molar-refractivity contribution >= 4 is 5.91 Å². The van der Waals surface area contributed by atoms with E-state index in [0.717, 1.165) is 38.8 Å². The Bertz CT molecular complexity index is 562. The molecule has 2 atom stereocenters. The lowest BCUT2D eigenvalue weighted by atomic mass is 9.76. The zero-order valence-electron chi connectivity index (χ0n) is 13.9. The molecule has 1 heterocycles. The molecule has 0 aromatic heterocycles. The highest BCUT2D eigenvalue weighted by molar-refractivity contribution is 5.76. The van der Waals surface area contributed by atoms with E-state index in [0.29, 0.717) is 18.4 Å². The van der Waals surface area contributed by atoms with Crippen LogP contribution in [0, 0.1) is 11.2 Å². The van der Waals surface area contributed by atoms with Crippen LogP contribution in [0.15, 0.2) is 24.3 Å². The van der Waals surface area contributed by atoms with Crippen molar-refractivity contribution in [1.29, 1.82) is 0 Å². The van der Waals surface area contributed by atoms with Gasteiger partial charge < -0.3 is 9.64 Å². The number of aryl methyl sites for hydroxylation is 1.